The first-order valence-electron chi connectivity index (χ1n) is 5.06. The van der Waals surface area contributed by atoms with Crippen molar-refractivity contribution >= 4 is 6.29 Å². The molecule has 2 heteroatoms. The van der Waals surface area contributed by atoms with Gasteiger partial charge in [-0.25, -0.2) is 0 Å². The van der Waals surface area contributed by atoms with E-state index in [-0.39, 0.29) is 12.0 Å². The lowest BCUT2D eigenvalue weighted by molar-refractivity contribution is -0.116. The second-order valence-electron chi connectivity index (χ2n) is 3.94. The van der Waals surface area contributed by atoms with E-state index in [2.05, 4.69) is 20.8 Å². The molecule has 13 heavy (non-hydrogen) atoms. The number of aldehydes is 1. The Morgan fingerprint density at radius 2 is 1.85 bits per heavy atom. The van der Waals surface area contributed by atoms with Gasteiger partial charge in [0.2, 0.25) is 0 Å². The molecule has 0 amide bonds. The van der Waals surface area contributed by atoms with Crippen molar-refractivity contribution in [2.75, 3.05) is 7.11 Å². The largest absolute Gasteiger partial charge is 0.380 e. The van der Waals surface area contributed by atoms with Crippen LogP contribution in [0.5, 0.6) is 0 Å². The SMILES string of the molecule is CCC(C)C(C)C(OC)C(C)C=O. The van der Waals surface area contributed by atoms with E-state index in [0.29, 0.717) is 11.8 Å². The van der Waals surface area contributed by atoms with Gasteiger partial charge in [0.15, 0.2) is 0 Å². The van der Waals surface area contributed by atoms with Crippen LogP contribution in [0.2, 0.25) is 0 Å². The summed E-state index contributed by atoms with van der Waals surface area (Å²) >= 11 is 0. The molecule has 0 aromatic carbocycles. The van der Waals surface area contributed by atoms with Crippen molar-refractivity contribution in [3.05, 3.63) is 0 Å². The standard InChI is InChI=1S/C11H22O2/c1-6-8(2)10(4)11(13-5)9(3)7-12/h7-11H,6H2,1-5H3. The Labute approximate surface area is 81.7 Å². The molecular formula is C11H22O2. The van der Waals surface area contributed by atoms with Gasteiger partial charge in [-0.2, -0.15) is 0 Å². The molecule has 4 unspecified atom stereocenters. The average molecular weight is 186 g/mol. The highest BCUT2D eigenvalue weighted by atomic mass is 16.5. The predicted octanol–water partition coefficient (Wildman–Crippen LogP) is 2.52. The summed E-state index contributed by atoms with van der Waals surface area (Å²) in [6, 6.07) is 0. The number of rotatable bonds is 6. The molecule has 0 saturated heterocycles. The third kappa shape index (κ3) is 3.47. The Balaban J connectivity index is 4.29. The fraction of sp³-hybridized carbons (Fsp3) is 0.909. The molecular weight excluding hydrogens is 164 g/mol. The molecule has 0 aliphatic carbocycles. The third-order valence-corrected chi connectivity index (χ3v) is 3.06. The first-order chi connectivity index (χ1) is 6.08. The Hall–Kier alpha value is -0.370. The zero-order valence-electron chi connectivity index (χ0n) is 9.41. The molecule has 0 aromatic heterocycles. The molecule has 0 saturated carbocycles. The highest BCUT2D eigenvalue weighted by Crippen LogP contribution is 2.24. The minimum Gasteiger partial charge on any atom is -0.380 e. The number of hydrogen-bond donors (Lipinski definition) is 0. The molecule has 0 aromatic rings. The third-order valence-electron chi connectivity index (χ3n) is 3.06. The Bertz CT molecular complexity index is 145. The molecule has 0 bridgehead atoms. The molecule has 0 fully saturated rings. The van der Waals surface area contributed by atoms with E-state index < -0.39 is 0 Å². The van der Waals surface area contributed by atoms with Crippen molar-refractivity contribution < 1.29 is 9.53 Å². The second-order valence-corrected chi connectivity index (χ2v) is 3.94. The van der Waals surface area contributed by atoms with Crippen LogP contribution in [-0.4, -0.2) is 19.5 Å². The Morgan fingerprint density at radius 1 is 1.31 bits per heavy atom. The number of carbonyl (C=O) groups excluding carboxylic acids is 1. The van der Waals surface area contributed by atoms with Crippen molar-refractivity contribution in [2.45, 2.75) is 40.2 Å². The Kier molecular flexibility index (Phi) is 5.97. The van der Waals surface area contributed by atoms with Gasteiger partial charge < -0.3 is 9.53 Å². The molecule has 0 heterocycles. The maximum atomic E-state index is 10.6. The van der Waals surface area contributed by atoms with E-state index >= 15 is 0 Å². The van der Waals surface area contributed by atoms with E-state index in [4.69, 9.17) is 4.74 Å². The molecule has 0 rings (SSSR count). The lowest BCUT2D eigenvalue weighted by Gasteiger charge is -2.29. The van der Waals surface area contributed by atoms with Crippen molar-refractivity contribution in [2.24, 2.45) is 17.8 Å². The van der Waals surface area contributed by atoms with E-state index in [9.17, 15) is 4.79 Å². The van der Waals surface area contributed by atoms with Crippen LogP contribution in [-0.2, 0) is 9.53 Å². The smallest absolute Gasteiger partial charge is 0.125 e. The van der Waals surface area contributed by atoms with Crippen LogP contribution in [0.4, 0.5) is 0 Å². The maximum absolute atomic E-state index is 10.6. The molecule has 2 nitrogen and oxygen atoms in total. The van der Waals surface area contributed by atoms with Gasteiger partial charge in [0.25, 0.3) is 0 Å². The summed E-state index contributed by atoms with van der Waals surface area (Å²) in [5.41, 5.74) is 0. The van der Waals surface area contributed by atoms with Crippen LogP contribution in [0.25, 0.3) is 0 Å². The summed E-state index contributed by atoms with van der Waals surface area (Å²) in [4.78, 5) is 10.6. The molecule has 0 N–H and O–H groups in total. The van der Waals surface area contributed by atoms with Gasteiger partial charge in [0.1, 0.15) is 6.29 Å². The van der Waals surface area contributed by atoms with Crippen LogP contribution in [0.15, 0.2) is 0 Å². The van der Waals surface area contributed by atoms with E-state index in [0.717, 1.165) is 12.7 Å². The van der Waals surface area contributed by atoms with Crippen LogP contribution >= 0.6 is 0 Å². The molecule has 0 spiro atoms. The molecule has 4 atom stereocenters. The van der Waals surface area contributed by atoms with Gasteiger partial charge >= 0.3 is 0 Å². The monoisotopic (exact) mass is 186 g/mol. The summed E-state index contributed by atoms with van der Waals surface area (Å²) in [7, 11) is 1.68. The van der Waals surface area contributed by atoms with Crippen LogP contribution in [0.3, 0.4) is 0 Å². The quantitative estimate of drug-likeness (QED) is 0.596. The van der Waals surface area contributed by atoms with Crippen molar-refractivity contribution in [1.82, 2.24) is 0 Å². The van der Waals surface area contributed by atoms with Gasteiger partial charge in [-0.3, -0.25) is 0 Å². The first kappa shape index (κ1) is 12.6. The maximum Gasteiger partial charge on any atom is 0.125 e. The minimum absolute atomic E-state index is 0.00556. The van der Waals surface area contributed by atoms with E-state index in [1.807, 2.05) is 6.92 Å². The number of carbonyl (C=O) groups is 1. The highest BCUT2D eigenvalue weighted by Gasteiger charge is 2.26. The van der Waals surface area contributed by atoms with Gasteiger partial charge in [0, 0.05) is 13.0 Å². The predicted molar refractivity (Wildman–Crippen MR) is 54.6 cm³/mol. The number of methoxy groups -OCH3 is 1. The fourth-order valence-corrected chi connectivity index (χ4v) is 1.68. The summed E-state index contributed by atoms with van der Waals surface area (Å²) in [6.45, 7) is 8.44. The fourth-order valence-electron chi connectivity index (χ4n) is 1.68. The lowest BCUT2D eigenvalue weighted by Crippen LogP contribution is -2.32. The molecule has 78 valence electrons. The van der Waals surface area contributed by atoms with Crippen molar-refractivity contribution in [3.63, 3.8) is 0 Å². The van der Waals surface area contributed by atoms with Crippen LogP contribution in [0.1, 0.15) is 34.1 Å². The zero-order valence-corrected chi connectivity index (χ0v) is 9.41. The summed E-state index contributed by atoms with van der Waals surface area (Å²) < 4.78 is 5.36. The Morgan fingerprint density at radius 3 is 2.15 bits per heavy atom. The normalized spacial score (nSPS) is 20.4. The molecule has 0 aliphatic heterocycles. The number of ether oxygens (including phenoxy) is 1. The molecule has 0 aliphatic rings. The lowest BCUT2D eigenvalue weighted by atomic mass is 9.84. The van der Waals surface area contributed by atoms with E-state index in [1.54, 1.807) is 7.11 Å². The van der Waals surface area contributed by atoms with Crippen molar-refractivity contribution in [1.29, 1.82) is 0 Å². The zero-order chi connectivity index (χ0) is 10.4. The van der Waals surface area contributed by atoms with Gasteiger partial charge in [-0.15, -0.1) is 0 Å². The molecule has 0 radical (unpaired) electrons. The average Bonchev–Trinajstić information content (AvgIpc) is 2.17. The van der Waals surface area contributed by atoms with Gasteiger partial charge in [-0.1, -0.05) is 34.1 Å². The van der Waals surface area contributed by atoms with Gasteiger partial charge in [-0.05, 0) is 11.8 Å². The number of hydrogen-bond acceptors (Lipinski definition) is 2. The summed E-state index contributed by atoms with van der Waals surface area (Å²) in [5, 5.41) is 0. The van der Waals surface area contributed by atoms with Gasteiger partial charge in [0.05, 0.1) is 6.10 Å². The van der Waals surface area contributed by atoms with Crippen LogP contribution in [0, 0.1) is 17.8 Å². The first-order valence-corrected chi connectivity index (χ1v) is 5.06. The summed E-state index contributed by atoms with van der Waals surface area (Å²) in [6.07, 6.45) is 2.17. The summed E-state index contributed by atoms with van der Waals surface area (Å²) in [5.74, 6) is 1.04. The topological polar surface area (TPSA) is 26.3 Å². The van der Waals surface area contributed by atoms with E-state index in [1.165, 1.54) is 0 Å². The van der Waals surface area contributed by atoms with Crippen molar-refractivity contribution in [3.8, 4) is 0 Å². The second kappa shape index (κ2) is 6.14. The minimum atomic E-state index is -0.00556. The van der Waals surface area contributed by atoms with Crippen LogP contribution < -0.4 is 0 Å². The highest BCUT2D eigenvalue weighted by molar-refractivity contribution is 5.53.